The van der Waals surface area contributed by atoms with Gasteiger partial charge in [-0.15, -0.1) is 0 Å². The van der Waals surface area contributed by atoms with E-state index in [9.17, 15) is 9.18 Å². The maximum atomic E-state index is 14.2. The lowest BCUT2D eigenvalue weighted by Crippen LogP contribution is -2.37. The van der Waals surface area contributed by atoms with E-state index in [1.165, 1.54) is 0 Å². The van der Waals surface area contributed by atoms with Gasteiger partial charge in [0.1, 0.15) is 18.4 Å². The minimum atomic E-state index is -0.956. The first-order chi connectivity index (χ1) is 18.4. The molecule has 1 aromatic heterocycles. The van der Waals surface area contributed by atoms with Crippen LogP contribution in [0.1, 0.15) is 19.8 Å². The van der Waals surface area contributed by atoms with Crippen molar-refractivity contribution < 1.29 is 18.7 Å². The number of halogens is 3. The number of alkyl halides is 1. The fraction of sp³-hybridized carbons (Fsp3) is 0.407. The molecule has 6 rings (SSSR count). The summed E-state index contributed by atoms with van der Waals surface area (Å²) in [4.78, 5) is 18.3. The summed E-state index contributed by atoms with van der Waals surface area (Å²) in [6.45, 7) is 5.89. The average molecular weight is 560 g/mol. The molecule has 2 saturated heterocycles. The van der Waals surface area contributed by atoms with Crippen LogP contribution in [0, 0.1) is 0 Å². The highest BCUT2D eigenvalue weighted by Crippen LogP contribution is 2.40. The molecule has 3 aliphatic heterocycles. The quantitative estimate of drug-likeness (QED) is 0.395. The number of allylic oxidation sites excluding steroid dienone is 1. The smallest absolute Gasteiger partial charge is 0.311 e. The van der Waals surface area contributed by atoms with Crippen LogP contribution in [-0.4, -0.2) is 73.1 Å². The minimum absolute atomic E-state index is 0.0325. The Morgan fingerprint density at radius 2 is 1.95 bits per heavy atom. The standard InChI is InChI=1S/C27H28Cl2FN5O3/c1-2-38-25(36)13-24-23-11-18(30)14-33(23)16-34(24)35-15-21-22(28)12-20(26(29)27(21)31-35)17-3-5-19(6-4-17)32-7-9-37-10-8-32/h3-6,12,15,18H,2,7-11,13-14,16H2,1H3/t18-/m1/s1. The molecule has 0 spiro atoms. The maximum absolute atomic E-state index is 14.2. The van der Waals surface area contributed by atoms with Crippen molar-refractivity contribution in [2.24, 2.45) is 0 Å². The molecule has 3 aromatic rings. The van der Waals surface area contributed by atoms with Crippen LogP contribution in [0.3, 0.4) is 0 Å². The second-order valence-corrected chi connectivity index (χ2v) is 10.4. The van der Waals surface area contributed by atoms with E-state index in [-0.39, 0.29) is 32.0 Å². The van der Waals surface area contributed by atoms with Crippen LogP contribution < -0.4 is 9.91 Å². The molecule has 2 fully saturated rings. The Morgan fingerprint density at radius 1 is 1.18 bits per heavy atom. The molecular weight excluding hydrogens is 532 g/mol. The molecule has 0 aliphatic carbocycles. The fourth-order valence-electron chi connectivity index (χ4n) is 5.42. The van der Waals surface area contributed by atoms with Crippen LogP contribution in [0.25, 0.3) is 22.0 Å². The summed E-state index contributed by atoms with van der Waals surface area (Å²) in [5.74, 6) is -0.361. The number of hydrogen-bond donors (Lipinski definition) is 0. The first-order valence-electron chi connectivity index (χ1n) is 12.8. The number of rotatable bonds is 6. The van der Waals surface area contributed by atoms with Gasteiger partial charge < -0.3 is 19.3 Å². The van der Waals surface area contributed by atoms with Crippen LogP contribution in [0.4, 0.5) is 10.1 Å². The van der Waals surface area contributed by atoms with Crippen molar-refractivity contribution in [2.45, 2.75) is 25.9 Å². The number of esters is 1. The zero-order chi connectivity index (χ0) is 26.4. The molecule has 0 N–H and O–H groups in total. The summed E-state index contributed by atoms with van der Waals surface area (Å²) in [5.41, 5.74) is 4.91. The van der Waals surface area contributed by atoms with Crippen molar-refractivity contribution in [1.82, 2.24) is 14.8 Å². The molecule has 11 heteroatoms. The average Bonchev–Trinajstić information content (AvgIpc) is 3.61. The number of hydrogen-bond acceptors (Lipinski definition) is 7. The molecule has 3 aliphatic rings. The van der Waals surface area contributed by atoms with E-state index in [1.54, 1.807) is 17.9 Å². The highest BCUT2D eigenvalue weighted by Gasteiger charge is 2.39. The van der Waals surface area contributed by atoms with Crippen molar-refractivity contribution in [3.8, 4) is 11.1 Å². The number of nitrogens with zero attached hydrogens (tertiary/aromatic N) is 5. The zero-order valence-electron chi connectivity index (χ0n) is 21.0. The number of aromatic nitrogens is 2. The predicted octanol–water partition coefficient (Wildman–Crippen LogP) is 4.96. The molecule has 0 saturated carbocycles. The largest absolute Gasteiger partial charge is 0.466 e. The third-order valence-electron chi connectivity index (χ3n) is 7.26. The normalized spacial score (nSPS) is 19.6. The van der Waals surface area contributed by atoms with Gasteiger partial charge in [0.2, 0.25) is 0 Å². The van der Waals surface area contributed by atoms with Gasteiger partial charge >= 0.3 is 5.97 Å². The van der Waals surface area contributed by atoms with Crippen molar-refractivity contribution in [2.75, 3.05) is 56.0 Å². The van der Waals surface area contributed by atoms with Gasteiger partial charge in [-0.05, 0) is 30.7 Å². The number of carbonyl (C=O) groups excluding carboxylic acids is 1. The van der Waals surface area contributed by atoms with E-state index in [2.05, 4.69) is 17.0 Å². The van der Waals surface area contributed by atoms with Gasteiger partial charge in [-0.25, -0.2) is 9.40 Å². The number of benzene rings is 2. The molecule has 200 valence electrons. The Hall–Kier alpha value is -3.01. The summed E-state index contributed by atoms with van der Waals surface area (Å²) >= 11 is 13.6. The minimum Gasteiger partial charge on any atom is -0.466 e. The second-order valence-electron chi connectivity index (χ2n) is 9.62. The Bertz CT molecular complexity index is 1400. The van der Waals surface area contributed by atoms with Crippen molar-refractivity contribution in [3.05, 3.63) is 58.0 Å². The molecule has 0 unspecified atom stereocenters. The number of fused-ring (bicyclic) bond motifs is 2. The summed E-state index contributed by atoms with van der Waals surface area (Å²) in [6, 6.07) is 10.1. The van der Waals surface area contributed by atoms with Gasteiger partial charge in [-0.1, -0.05) is 35.3 Å². The fourth-order valence-corrected chi connectivity index (χ4v) is 5.97. The molecular formula is C27H28Cl2FN5O3. The Morgan fingerprint density at radius 3 is 2.68 bits per heavy atom. The molecule has 2 aromatic carbocycles. The number of carbonyl (C=O) groups is 1. The maximum Gasteiger partial charge on any atom is 0.311 e. The molecule has 0 amide bonds. The van der Waals surface area contributed by atoms with E-state index in [0.29, 0.717) is 33.3 Å². The van der Waals surface area contributed by atoms with Gasteiger partial charge in [-0.3, -0.25) is 4.79 Å². The molecule has 0 radical (unpaired) electrons. The molecule has 0 bridgehead atoms. The highest BCUT2D eigenvalue weighted by atomic mass is 35.5. The lowest BCUT2D eigenvalue weighted by atomic mass is 10.0. The van der Waals surface area contributed by atoms with Crippen molar-refractivity contribution >= 4 is 45.8 Å². The van der Waals surface area contributed by atoms with Gasteiger partial charge in [0.05, 0.1) is 54.7 Å². The lowest BCUT2D eigenvalue weighted by Gasteiger charge is -2.29. The summed E-state index contributed by atoms with van der Waals surface area (Å²) in [6.07, 6.45) is 1.14. The van der Waals surface area contributed by atoms with E-state index < -0.39 is 6.17 Å². The van der Waals surface area contributed by atoms with Crippen LogP contribution in [0.15, 0.2) is 47.9 Å². The van der Waals surface area contributed by atoms with Gasteiger partial charge in [-0.2, -0.15) is 9.89 Å². The van der Waals surface area contributed by atoms with Gasteiger partial charge in [0.15, 0.2) is 0 Å². The third-order valence-corrected chi connectivity index (χ3v) is 7.95. The van der Waals surface area contributed by atoms with Gasteiger partial charge in [0, 0.05) is 41.8 Å². The van der Waals surface area contributed by atoms with E-state index in [0.717, 1.165) is 48.8 Å². The van der Waals surface area contributed by atoms with Crippen molar-refractivity contribution in [1.29, 1.82) is 0 Å². The van der Waals surface area contributed by atoms with Crippen LogP contribution >= 0.6 is 23.2 Å². The second kappa shape index (κ2) is 10.3. The molecule has 4 heterocycles. The number of morpholine rings is 1. The monoisotopic (exact) mass is 559 g/mol. The van der Waals surface area contributed by atoms with Gasteiger partial charge in [0.25, 0.3) is 0 Å². The van der Waals surface area contributed by atoms with E-state index in [1.807, 2.05) is 28.1 Å². The Kier molecular flexibility index (Phi) is 6.84. The highest BCUT2D eigenvalue weighted by molar-refractivity contribution is 6.42. The predicted molar refractivity (Wildman–Crippen MR) is 146 cm³/mol. The number of anilines is 1. The van der Waals surface area contributed by atoms with Crippen LogP contribution in [0.2, 0.25) is 10.0 Å². The topological polar surface area (TPSA) is 63.1 Å². The SMILES string of the molecule is CCOC(=O)CC1=C2C[C@@H](F)CN2CN1n1cc2c(Cl)cc(-c3ccc(N4CCOCC4)cc3)c(Cl)c2n1. The lowest BCUT2D eigenvalue weighted by molar-refractivity contribution is -0.142. The zero-order valence-corrected chi connectivity index (χ0v) is 22.5. The first kappa shape index (κ1) is 25.3. The first-order valence-corrected chi connectivity index (χ1v) is 13.5. The summed E-state index contributed by atoms with van der Waals surface area (Å²) < 4.78 is 24.8. The van der Waals surface area contributed by atoms with E-state index in [4.69, 9.17) is 37.8 Å². The summed E-state index contributed by atoms with van der Waals surface area (Å²) in [7, 11) is 0. The Balaban J connectivity index is 1.34. The Labute approximate surface area is 230 Å². The molecule has 8 nitrogen and oxygen atoms in total. The third kappa shape index (κ3) is 4.57. The summed E-state index contributed by atoms with van der Waals surface area (Å²) in [5, 5.41) is 8.35. The van der Waals surface area contributed by atoms with E-state index >= 15 is 0 Å². The van der Waals surface area contributed by atoms with Crippen LogP contribution in [-0.2, 0) is 14.3 Å². The van der Waals surface area contributed by atoms with Crippen LogP contribution in [0.5, 0.6) is 0 Å². The molecule has 1 atom stereocenters. The number of ether oxygens (including phenoxy) is 2. The van der Waals surface area contributed by atoms with Crippen molar-refractivity contribution in [3.63, 3.8) is 0 Å². The molecule has 38 heavy (non-hydrogen) atoms.